The van der Waals surface area contributed by atoms with E-state index in [4.69, 9.17) is 29.2 Å². The number of fused-ring (bicyclic) bond motifs is 10. The van der Waals surface area contributed by atoms with Crippen molar-refractivity contribution in [2.75, 3.05) is 0 Å². The molecule has 10 aromatic carbocycles. The number of para-hydroxylation sites is 2. The first-order chi connectivity index (χ1) is 36.7. The topological polar surface area (TPSA) is 70.0 Å². The van der Waals surface area contributed by atoms with E-state index in [1.807, 2.05) is 36.4 Å². The number of hydrogen-bond acceptors (Lipinski definition) is 6. The number of nitrogens with zero attached hydrogens (tertiary/aromatic N) is 4. The molecule has 0 aliphatic carbocycles. The third-order valence-electron chi connectivity index (χ3n) is 15.2. The van der Waals surface area contributed by atoms with Gasteiger partial charge >= 0.3 is 7.12 Å². The smallest absolute Gasteiger partial charge is 0.399 e. The summed E-state index contributed by atoms with van der Waals surface area (Å²) < 4.78 is 12.5. The van der Waals surface area contributed by atoms with Crippen molar-refractivity contribution in [2.24, 2.45) is 0 Å². The highest BCUT2D eigenvalue weighted by Gasteiger charge is 2.51. The van der Waals surface area contributed by atoms with Gasteiger partial charge in [0.1, 0.15) is 0 Å². The molecule has 0 radical (unpaired) electrons. The fourth-order valence-electron chi connectivity index (χ4n) is 10.5. The summed E-state index contributed by atoms with van der Waals surface area (Å²) in [5.41, 5.74) is 11.3. The molecule has 7 heteroatoms. The molecule has 13 aromatic rings. The van der Waals surface area contributed by atoms with Crippen LogP contribution >= 0.6 is 0 Å². The van der Waals surface area contributed by atoms with E-state index in [0.717, 1.165) is 77.9 Å². The van der Waals surface area contributed by atoms with Gasteiger partial charge in [0.15, 0.2) is 5.82 Å². The summed E-state index contributed by atoms with van der Waals surface area (Å²) in [5, 5.41) is 12.1. The monoisotopic (exact) mass is 966 g/mol. The van der Waals surface area contributed by atoms with Crippen LogP contribution in [-0.4, -0.2) is 38.3 Å². The van der Waals surface area contributed by atoms with Crippen LogP contribution in [0.4, 0.5) is 0 Å². The molecule has 1 fully saturated rings. The van der Waals surface area contributed by atoms with Gasteiger partial charge in [-0.3, -0.25) is 0 Å². The van der Waals surface area contributed by atoms with Gasteiger partial charge in [-0.2, -0.15) is 0 Å². The Hall–Kier alpha value is -8.88. The van der Waals surface area contributed by atoms with Gasteiger partial charge in [0.25, 0.3) is 0 Å². The highest BCUT2D eigenvalue weighted by atomic mass is 16.7. The molecule has 1 aliphatic rings. The van der Waals surface area contributed by atoms with Crippen LogP contribution < -0.4 is 5.46 Å². The number of hydrogen-bond donors (Lipinski definition) is 0. The zero-order chi connectivity index (χ0) is 50.7. The van der Waals surface area contributed by atoms with Gasteiger partial charge in [0.05, 0.1) is 45.0 Å². The molecule has 1 aliphatic heterocycles. The molecule has 1 saturated heterocycles. The van der Waals surface area contributed by atoms with Crippen molar-refractivity contribution in [2.45, 2.75) is 38.9 Å². The van der Waals surface area contributed by atoms with Crippen molar-refractivity contribution in [3.63, 3.8) is 0 Å². The predicted octanol–water partition coefficient (Wildman–Crippen LogP) is 16.5. The lowest BCUT2D eigenvalue weighted by Gasteiger charge is -2.32. The largest absolute Gasteiger partial charge is 0.494 e. The zero-order valence-electron chi connectivity index (χ0n) is 42.2. The minimum atomic E-state index is -0.366. The molecule has 358 valence electrons. The van der Waals surface area contributed by atoms with Gasteiger partial charge < -0.3 is 9.31 Å². The van der Waals surface area contributed by atoms with Crippen molar-refractivity contribution >= 4 is 77.5 Å². The molecule has 0 atom stereocenters. The summed E-state index contributed by atoms with van der Waals surface area (Å²) in [6, 6.07) is 82.4. The zero-order valence-corrected chi connectivity index (χ0v) is 42.2. The summed E-state index contributed by atoms with van der Waals surface area (Å²) in [6.07, 6.45) is 0. The lowest BCUT2D eigenvalue weighted by atomic mass is 9.78. The predicted molar refractivity (Wildman–Crippen MR) is 312 cm³/mol. The van der Waals surface area contributed by atoms with E-state index < -0.39 is 0 Å². The van der Waals surface area contributed by atoms with Crippen molar-refractivity contribution in [1.29, 1.82) is 0 Å². The van der Waals surface area contributed by atoms with E-state index in [9.17, 15) is 0 Å². The molecule has 75 heavy (non-hydrogen) atoms. The normalized spacial score (nSPS) is 13.9. The van der Waals surface area contributed by atoms with E-state index in [1.165, 1.54) is 43.1 Å². The molecule has 0 spiro atoms. The minimum Gasteiger partial charge on any atom is -0.399 e. The molecule has 0 amide bonds. The molecule has 4 heterocycles. The molecule has 0 saturated carbocycles. The standard InChI is InChI=1S/C39H25N3.C29H26BNO2/c1-3-12-27(13-4-1)35-25-36(42-39(41-35)30-14-5-2-6-15-30)28-19-21-29(22-20-28)38-33-24-23-26-11-7-8-16-31(26)37(33)32-17-9-10-18-34(32)40-38;1-28(2)29(3,4)33-30(32-28)21-16-13-20(14-17-21)27-24-18-15-19-9-5-6-10-22(19)26(24)23-11-7-8-12-25(23)31-27/h1-25H;5-18H,1-4H3. The van der Waals surface area contributed by atoms with E-state index >= 15 is 0 Å². The Bertz CT molecular complexity index is 4190. The van der Waals surface area contributed by atoms with Crippen LogP contribution in [0, 0.1) is 0 Å². The fourth-order valence-corrected chi connectivity index (χ4v) is 10.5. The van der Waals surface area contributed by atoms with Crippen LogP contribution in [0.25, 0.3) is 121 Å². The summed E-state index contributed by atoms with van der Waals surface area (Å²) in [5.74, 6) is 0.713. The van der Waals surface area contributed by atoms with E-state index in [2.05, 4.69) is 228 Å². The van der Waals surface area contributed by atoms with Gasteiger partial charge in [0, 0.05) is 60.1 Å². The Balaban J connectivity index is 0.000000148. The molecule has 0 unspecified atom stereocenters. The first-order valence-corrected chi connectivity index (χ1v) is 25.6. The third kappa shape index (κ3) is 8.37. The maximum atomic E-state index is 6.23. The SMILES string of the molecule is CC1(C)OB(c2ccc(-c3nc4ccccc4c4c3ccc3ccccc34)cc2)OC1(C)C.c1ccc(-c2cc(-c3ccc(-c4nc5ccccc5c5c4ccc4ccccc45)cc3)nc(-c3ccccc3)n2)cc1. The van der Waals surface area contributed by atoms with Gasteiger partial charge in [-0.25, -0.2) is 19.9 Å². The second kappa shape index (κ2) is 18.6. The minimum absolute atomic E-state index is 0.354. The van der Waals surface area contributed by atoms with Gasteiger partial charge in [-0.05, 0) is 72.9 Å². The van der Waals surface area contributed by atoms with Crippen molar-refractivity contribution in [3.8, 4) is 56.4 Å². The molecule has 0 N–H and O–H groups in total. The Kier molecular flexibility index (Phi) is 11.4. The highest BCUT2D eigenvalue weighted by Crippen LogP contribution is 2.40. The lowest BCUT2D eigenvalue weighted by molar-refractivity contribution is 0.00578. The molecule has 3 aromatic heterocycles. The molecule has 0 bridgehead atoms. The fraction of sp³-hybridized carbons (Fsp3) is 0.0882. The molecule has 14 rings (SSSR count). The Morgan fingerprint density at radius 1 is 0.320 bits per heavy atom. The second-order valence-corrected chi connectivity index (χ2v) is 20.4. The number of pyridine rings is 2. The van der Waals surface area contributed by atoms with Gasteiger partial charge in [0.2, 0.25) is 0 Å². The van der Waals surface area contributed by atoms with Gasteiger partial charge in [-0.15, -0.1) is 0 Å². The Morgan fingerprint density at radius 3 is 1.20 bits per heavy atom. The Labute approximate surface area is 436 Å². The maximum absolute atomic E-state index is 6.23. The quantitative estimate of drug-likeness (QED) is 0.122. The van der Waals surface area contributed by atoms with Crippen LogP contribution in [0.5, 0.6) is 0 Å². The Morgan fingerprint density at radius 2 is 0.707 bits per heavy atom. The molecule has 6 nitrogen and oxygen atoms in total. The maximum Gasteiger partial charge on any atom is 0.494 e. The van der Waals surface area contributed by atoms with Gasteiger partial charge in [-0.1, -0.05) is 218 Å². The average molecular weight is 967 g/mol. The molecular weight excluding hydrogens is 916 g/mol. The first-order valence-electron chi connectivity index (χ1n) is 25.6. The van der Waals surface area contributed by atoms with Crippen LogP contribution in [0.3, 0.4) is 0 Å². The van der Waals surface area contributed by atoms with Crippen molar-refractivity contribution in [3.05, 3.63) is 237 Å². The van der Waals surface area contributed by atoms with Crippen LogP contribution in [0.1, 0.15) is 27.7 Å². The van der Waals surface area contributed by atoms with Crippen LogP contribution in [0.15, 0.2) is 237 Å². The van der Waals surface area contributed by atoms with Crippen molar-refractivity contribution < 1.29 is 9.31 Å². The number of aromatic nitrogens is 4. The summed E-state index contributed by atoms with van der Waals surface area (Å²) in [6.45, 7) is 8.32. The summed E-state index contributed by atoms with van der Waals surface area (Å²) in [7, 11) is -0.366. The summed E-state index contributed by atoms with van der Waals surface area (Å²) >= 11 is 0. The van der Waals surface area contributed by atoms with Crippen LogP contribution in [-0.2, 0) is 9.31 Å². The first kappa shape index (κ1) is 45.9. The second-order valence-electron chi connectivity index (χ2n) is 20.4. The highest BCUT2D eigenvalue weighted by molar-refractivity contribution is 6.62. The summed E-state index contributed by atoms with van der Waals surface area (Å²) in [4.78, 5) is 20.2. The van der Waals surface area contributed by atoms with Crippen molar-refractivity contribution in [1.82, 2.24) is 19.9 Å². The van der Waals surface area contributed by atoms with E-state index in [-0.39, 0.29) is 18.3 Å². The number of rotatable bonds is 6. The van der Waals surface area contributed by atoms with E-state index in [0.29, 0.717) is 5.82 Å². The average Bonchev–Trinajstić information content (AvgIpc) is 3.72. The lowest BCUT2D eigenvalue weighted by Crippen LogP contribution is -2.41. The van der Waals surface area contributed by atoms with E-state index in [1.54, 1.807) is 0 Å². The molecular formula is C68H51BN4O2. The number of benzene rings is 10. The van der Waals surface area contributed by atoms with Crippen LogP contribution in [0.2, 0.25) is 0 Å². The third-order valence-corrected chi connectivity index (χ3v) is 15.2.